The average Bonchev–Trinajstić information content (AvgIpc) is 2.70. The first-order chi connectivity index (χ1) is 8.20. The molecular weight excluding hydrogens is 248 g/mol. The molecule has 0 bridgehead atoms. The summed E-state index contributed by atoms with van der Waals surface area (Å²) < 4.78 is 0.0706. The number of hydrogen-bond acceptors (Lipinski definition) is 1. The summed E-state index contributed by atoms with van der Waals surface area (Å²) in [4.78, 5) is 0. The molecule has 1 aliphatic heterocycles. The molecule has 86 valence electrons. The van der Waals surface area contributed by atoms with E-state index in [0.717, 1.165) is 10.8 Å². The molecule has 1 unspecified atom stereocenters. The minimum Gasteiger partial charge on any atom is -0.141 e. The van der Waals surface area contributed by atoms with Crippen molar-refractivity contribution in [3.05, 3.63) is 70.2 Å². The van der Waals surface area contributed by atoms with Crippen molar-refractivity contribution in [1.82, 2.24) is 0 Å². The average molecular weight is 261 g/mol. The van der Waals surface area contributed by atoms with Crippen LogP contribution in [0.1, 0.15) is 23.6 Å². The first kappa shape index (κ1) is 11.2. The van der Waals surface area contributed by atoms with Crippen LogP contribution < -0.4 is 0 Å². The second-order valence-corrected chi connectivity index (χ2v) is 6.32. The SMILES string of the molecule is CC1(c2ccc(Cl)cc2)SCc2ccccc21. The fourth-order valence-electron chi connectivity index (χ4n) is 2.42. The third-order valence-electron chi connectivity index (χ3n) is 3.44. The van der Waals surface area contributed by atoms with Gasteiger partial charge < -0.3 is 0 Å². The molecule has 2 heteroatoms. The zero-order chi connectivity index (χ0) is 11.9. The maximum atomic E-state index is 5.96. The van der Waals surface area contributed by atoms with Gasteiger partial charge in [0.25, 0.3) is 0 Å². The Morgan fingerprint density at radius 2 is 1.76 bits per heavy atom. The highest BCUT2D eigenvalue weighted by molar-refractivity contribution is 8.00. The van der Waals surface area contributed by atoms with E-state index in [9.17, 15) is 0 Å². The summed E-state index contributed by atoms with van der Waals surface area (Å²) in [6.45, 7) is 2.30. The van der Waals surface area contributed by atoms with Crippen molar-refractivity contribution in [3.8, 4) is 0 Å². The molecule has 2 aromatic carbocycles. The minimum atomic E-state index is 0.0706. The molecule has 0 saturated carbocycles. The highest BCUT2D eigenvalue weighted by Crippen LogP contribution is 2.51. The Hall–Kier alpha value is -0.920. The molecule has 0 N–H and O–H groups in total. The van der Waals surface area contributed by atoms with Crippen molar-refractivity contribution in [2.75, 3.05) is 0 Å². The molecule has 0 fully saturated rings. The predicted octanol–water partition coefficient (Wildman–Crippen LogP) is 4.85. The first-order valence-electron chi connectivity index (χ1n) is 5.68. The second kappa shape index (κ2) is 4.08. The van der Waals surface area contributed by atoms with Crippen molar-refractivity contribution in [3.63, 3.8) is 0 Å². The molecular formula is C15H13ClS. The van der Waals surface area contributed by atoms with Gasteiger partial charge in [-0.2, -0.15) is 0 Å². The van der Waals surface area contributed by atoms with E-state index in [1.165, 1.54) is 16.7 Å². The molecule has 1 aliphatic rings. The molecule has 0 radical (unpaired) electrons. The van der Waals surface area contributed by atoms with Gasteiger partial charge in [0.15, 0.2) is 0 Å². The van der Waals surface area contributed by atoms with Gasteiger partial charge in [-0.25, -0.2) is 0 Å². The maximum Gasteiger partial charge on any atom is 0.0635 e. The Morgan fingerprint density at radius 3 is 2.53 bits per heavy atom. The topological polar surface area (TPSA) is 0 Å². The number of rotatable bonds is 1. The normalized spacial score (nSPS) is 22.5. The summed E-state index contributed by atoms with van der Waals surface area (Å²) in [5.41, 5.74) is 4.22. The predicted molar refractivity (Wildman–Crippen MR) is 75.6 cm³/mol. The van der Waals surface area contributed by atoms with E-state index in [0.29, 0.717) is 0 Å². The van der Waals surface area contributed by atoms with E-state index < -0.39 is 0 Å². The van der Waals surface area contributed by atoms with E-state index in [1.807, 2.05) is 23.9 Å². The number of benzene rings is 2. The van der Waals surface area contributed by atoms with Crippen molar-refractivity contribution in [1.29, 1.82) is 0 Å². The van der Waals surface area contributed by atoms with Crippen LogP contribution in [0.25, 0.3) is 0 Å². The first-order valence-corrected chi connectivity index (χ1v) is 7.05. The molecule has 1 atom stereocenters. The number of hydrogen-bond donors (Lipinski definition) is 0. The molecule has 2 aromatic rings. The van der Waals surface area contributed by atoms with Gasteiger partial charge >= 0.3 is 0 Å². The third kappa shape index (κ3) is 1.78. The molecule has 0 aliphatic carbocycles. The van der Waals surface area contributed by atoms with Crippen LogP contribution in [0, 0.1) is 0 Å². The van der Waals surface area contributed by atoms with Crippen LogP contribution in [-0.2, 0) is 10.5 Å². The molecule has 3 rings (SSSR count). The lowest BCUT2D eigenvalue weighted by atomic mass is 9.90. The zero-order valence-electron chi connectivity index (χ0n) is 9.61. The smallest absolute Gasteiger partial charge is 0.0635 e. The van der Waals surface area contributed by atoms with Crippen LogP contribution in [-0.4, -0.2) is 0 Å². The molecule has 1 heterocycles. The molecule has 0 saturated heterocycles. The van der Waals surface area contributed by atoms with Crippen molar-refractivity contribution < 1.29 is 0 Å². The monoisotopic (exact) mass is 260 g/mol. The van der Waals surface area contributed by atoms with E-state index in [2.05, 4.69) is 43.3 Å². The van der Waals surface area contributed by atoms with Crippen molar-refractivity contribution in [2.24, 2.45) is 0 Å². The standard InChI is InChI=1S/C15H13ClS/c1-15(12-6-8-13(16)9-7-12)14-5-3-2-4-11(14)10-17-15/h2-9H,10H2,1H3. The van der Waals surface area contributed by atoms with Gasteiger partial charge in [-0.05, 0) is 35.7 Å². The lowest BCUT2D eigenvalue weighted by Gasteiger charge is -2.25. The van der Waals surface area contributed by atoms with Gasteiger partial charge in [0.05, 0.1) is 4.75 Å². The molecule has 0 aromatic heterocycles. The van der Waals surface area contributed by atoms with Gasteiger partial charge in [-0.3, -0.25) is 0 Å². The molecule has 0 amide bonds. The highest BCUT2D eigenvalue weighted by atomic mass is 35.5. The Morgan fingerprint density at radius 1 is 1.06 bits per heavy atom. The summed E-state index contributed by atoms with van der Waals surface area (Å²) in [6, 6.07) is 16.9. The van der Waals surface area contributed by atoms with Crippen LogP contribution in [0.3, 0.4) is 0 Å². The van der Waals surface area contributed by atoms with Gasteiger partial charge in [-0.15, -0.1) is 11.8 Å². The lowest BCUT2D eigenvalue weighted by Crippen LogP contribution is -2.15. The van der Waals surface area contributed by atoms with E-state index >= 15 is 0 Å². The van der Waals surface area contributed by atoms with E-state index in [-0.39, 0.29) is 4.75 Å². The molecule has 17 heavy (non-hydrogen) atoms. The molecule has 0 spiro atoms. The van der Waals surface area contributed by atoms with Gasteiger partial charge in [0, 0.05) is 10.8 Å². The number of fused-ring (bicyclic) bond motifs is 1. The fraction of sp³-hybridized carbons (Fsp3) is 0.200. The summed E-state index contributed by atoms with van der Waals surface area (Å²) in [7, 11) is 0. The minimum absolute atomic E-state index is 0.0706. The quantitative estimate of drug-likeness (QED) is 0.706. The van der Waals surface area contributed by atoms with Crippen LogP contribution >= 0.6 is 23.4 Å². The largest absolute Gasteiger partial charge is 0.141 e. The van der Waals surface area contributed by atoms with Gasteiger partial charge in [-0.1, -0.05) is 48.0 Å². The van der Waals surface area contributed by atoms with Gasteiger partial charge in [0.2, 0.25) is 0 Å². The molecule has 0 nitrogen and oxygen atoms in total. The van der Waals surface area contributed by atoms with Gasteiger partial charge in [0.1, 0.15) is 0 Å². The summed E-state index contributed by atoms with van der Waals surface area (Å²) in [5.74, 6) is 1.09. The van der Waals surface area contributed by atoms with Crippen LogP contribution in [0.15, 0.2) is 48.5 Å². The summed E-state index contributed by atoms with van der Waals surface area (Å²) >= 11 is 7.95. The van der Waals surface area contributed by atoms with Crippen LogP contribution in [0.5, 0.6) is 0 Å². The van der Waals surface area contributed by atoms with Crippen molar-refractivity contribution >= 4 is 23.4 Å². The Kier molecular flexibility index (Phi) is 2.68. The highest BCUT2D eigenvalue weighted by Gasteiger charge is 2.36. The Bertz CT molecular complexity index is 547. The van der Waals surface area contributed by atoms with Crippen LogP contribution in [0.4, 0.5) is 0 Å². The summed E-state index contributed by atoms with van der Waals surface area (Å²) in [5, 5.41) is 0.800. The number of halogens is 1. The zero-order valence-corrected chi connectivity index (χ0v) is 11.2. The van der Waals surface area contributed by atoms with E-state index in [4.69, 9.17) is 11.6 Å². The second-order valence-electron chi connectivity index (χ2n) is 4.49. The summed E-state index contributed by atoms with van der Waals surface area (Å²) in [6.07, 6.45) is 0. The lowest BCUT2D eigenvalue weighted by molar-refractivity contribution is 0.850. The van der Waals surface area contributed by atoms with E-state index in [1.54, 1.807) is 0 Å². The number of thioether (sulfide) groups is 1. The Balaban J connectivity index is 2.12. The maximum absolute atomic E-state index is 5.96. The Labute approximate surface area is 111 Å². The third-order valence-corrected chi connectivity index (χ3v) is 5.18. The van der Waals surface area contributed by atoms with Crippen molar-refractivity contribution in [2.45, 2.75) is 17.4 Å². The van der Waals surface area contributed by atoms with Crippen LogP contribution in [0.2, 0.25) is 5.02 Å². The fourth-order valence-corrected chi connectivity index (χ4v) is 3.90.